The molecule has 0 aliphatic heterocycles. The Balaban J connectivity index is 3.78. The van der Waals surface area contributed by atoms with Crippen molar-refractivity contribution in [2.75, 3.05) is 19.8 Å². The number of carbonyl (C=O) groups is 3. The lowest BCUT2D eigenvalue weighted by Crippen LogP contribution is -2.23. The molecule has 0 aromatic heterocycles. The molecule has 0 aliphatic carbocycles. The van der Waals surface area contributed by atoms with Gasteiger partial charge in [-0.05, 0) is 55.2 Å². The van der Waals surface area contributed by atoms with Crippen molar-refractivity contribution in [1.29, 1.82) is 0 Å². The van der Waals surface area contributed by atoms with Gasteiger partial charge in [0.1, 0.15) is 0 Å². The highest BCUT2D eigenvalue weighted by atomic mass is 16.5. The molecule has 9 nitrogen and oxygen atoms in total. The van der Waals surface area contributed by atoms with Gasteiger partial charge in [0, 0.05) is 0 Å². The van der Waals surface area contributed by atoms with E-state index in [9.17, 15) is 29.7 Å². The quantitative estimate of drug-likeness (QED) is 0.218. The molecular formula is C24H30O9. The predicted molar refractivity (Wildman–Crippen MR) is 121 cm³/mol. The molecular weight excluding hydrogens is 432 g/mol. The largest absolute Gasteiger partial charge is 0.502 e. The van der Waals surface area contributed by atoms with E-state index in [1.54, 1.807) is 0 Å². The molecule has 1 rings (SSSR count). The number of benzene rings is 1. The van der Waals surface area contributed by atoms with Crippen LogP contribution in [0.5, 0.6) is 0 Å². The Bertz CT molecular complexity index is 751. The molecule has 180 valence electrons. The zero-order chi connectivity index (χ0) is 24.8. The van der Waals surface area contributed by atoms with Gasteiger partial charge in [-0.3, -0.25) is 0 Å². The number of rotatable bonds is 18. The Kier molecular flexibility index (Phi) is 11.9. The molecule has 0 saturated carbocycles. The van der Waals surface area contributed by atoms with Crippen molar-refractivity contribution < 1.29 is 43.9 Å². The normalized spacial score (nSPS) is 10.2. The molecule has 9 heteroatoms. The summed E-state index contributed by atoms with van der Waals surface area (Å²) in [5, 5.41) is 30.0. The molecule has 1 aromatic carbocycles. The van der Waals surface area contributed by atoms with Gasteiger partial charge in [-0.15, -0.1) is 0 Å². The first kappa shape index (κ1) is 27.3. The Hall–Kier alpha value is -3.75. The van der Waals surface area contributed by atoms with Gasteiger partial charge >= 0.3 is 17.9 Å². The summed E-state index contributed by atoms with van der Waals surface area (Å²) in [4.78, 5) is 36.8. The van der Waals surface area contributed by atoms with Crippen LogP contribution in [0.3, 0.4) is 0 Å². The summed E-state index contributed by atoms with van der Waals surface area (Å²) < 4.78 is 15.3. The first-order chi connectivity index (χ1) is 15.8. The zero-order valence-electron chi connectivity index (χ0n) is 18.5. The van der Waals surface area contributed by atoms with Crippen LogP contribution in [-0.4, -0.2) is 53.0 Å². The van der Waals surface area contributed by atoms with Gasteiger partial charge in [-0.1, -0.05) is 19.7 Å². The van der Waals surface area contributed by atoms with Gasteiger partial charge in [0.15, 0.2) is 0 Å². The molecule has 0 amide bonds. The van der Waals surface area contributed by atoms with E-state index >= 15 is 0 Å². The summed E-state index contributed by atoms with van der Waals surface area (Å²) in [6.45, 7) is 10.9. The van der Waals surface area contributed by atoms with E-state index in [0.29, 0.717) is 19.3 Å². The smallest absolute Gasteiger partial charge is 0.336 e. The lowest BCUT2D eigenvalue weighted by atomic mass is 9.81. The van der Waals surface area contributed by atoms with Crippen molar-refractivity contribution in [3.63, 3.8) is 0 Å². The highest BCUT2D eigenvalue weighted by Crippen LogP contribution is 2.32. The van der Waals surface area contributed by atoms with Gasteiger partial charge in [0.2, 0.25) is 0 Å². The third-order valence-electron chi connectivity index (χ3n) is 4.87. The Morgan fingerprint density at radius 2 is 0.818 bits per heavy atom. The summed E-state index contributed by atoms with van der Waals surface area (Å²) in [6, 6.07) is 0. The van der Waals surface area contributed by atoms with Crippen LogP contribution in [0.15, 0.2) is 38.5 Å². The Labute approximate surface area is 192 Å². The van der Waals surface area contributed by atoms with E-state index in [-0.39, 0.29) is 72.5 Å². The van der Waals surface area contributed by atoms with Crippen LogP contribution in [-0.2, 0) is 33.5 Å². The number of hydrogen-bond donors (Lipinski definition) is 3. The lowest BCUT2D eigenvalue weighted by Gasteiger charge is -2.22. The Morgan fingerprint density at radius 3 is 1.00 bits per heavy atom. The summed E-state index contributed by atoms with van der Waals surface area (Å²) in [7, 11) is 0. The second-order valence-electron chi connectivity index (χ2n) is 6.90. The van der Waals surface area contributed by atoms with Gasteiger partial charge in [0.05, 0.1) is 55.3 Å². The lowest BCUT2D eigenvalue weighted by molar-refractivity contribution is 0.0692. The van der Waals surface area contributed by atoms with E-state index in [2.05, 4.69) is 19.7 Å². The topological polar surface area (TPSA) is 140 Å². The third kappa shape index (κ3) is 7.71. The van der Waals surface area contributed by atoms with E-state index in [1.165, 1.54) is 18.8 Å². The van der Waals surface area contributed by atoms with Gasteiger partial charge in [-0.2, -0.15) is 0 Å². The molecule has 0 fully saturated rings. The van der Waals surface area contributed by atoms with Crippen molar-refractivity contribution in [2.24, 2.45) is 0 Å². The summed E-state index contributed by atoms with van der Waals surface area (Å²) in [5.74, 6) is -4.16. The molecule has 3 N–H and O–H groups in total. The van der Waals surface area contributed by atoms with E-state index < -0.39 is 17.9 Å². The van der Waals surface area contributed by atoms with Crippen LogP contribution in [0, 0.1) is 0 Å². The molecule has 0 aliphatic rings. The van der Waals surface area contributed by atoms with Crippen molar-refractivity contribution in [3.05, 3.63) is 71.9 Å². The van der Waals surface area contributed by atoms with Crippen LogP contribution < -0.4 is 0 Å². The highest BCUT2D eigenvalue weighted by Gasteiger charge is 2.32. The first-order valence-electron chi connectivity index (χ1n) is 10.4. The van der Waals surface area contributed by atoms with Crippen LogP contribution in [0.2, 0.25) is 0 Å². The average molecular weight is 462 g/mol. The minimum atomic E-state index is -1.39. The Morgan fingerprint density at radius 1 is 0.576 bits per heavy atom. The number of carboxylic acid groups (broad SMARTS) is 3. The molecule has 0 bridgehead atoms. The number of ether oxygens (including phenoxy) is 3. The van der Waals surface area contributed by atoms with Crippen LogP contribution in [0.25, 0.3) is 0 Å². The van der Waals surface area contributed by atoms with Gasteiger partial charge in [-0.25, -0.2) is 14.4 Å². The van der Waals surface area contributed by atoms with Gasteiger partial charge in [0.25, 0.3) is 0 Å². The van der Waals surface area contributed by atoms with Crippen molar-refractivity contribution in [2.45, 2.75) is 38.5 Å². The fraction of sp³-hybridized carbons (Fsp3) is 0.375. The molecule has 0 heterocycles. The molecule has 0 atom stereocenters. The molecule has 1 aromatic rings. The van der Waals surface area contributed by atoms with E-state index in [4.69, 9.17) is 14.2 Å². The molecule has 33 heavy (non-hydrogen) atoms. The maximum Gasteiger partial charge on any atom is 0.336 e. The van der Waals surface area contributed by atoms with Crippen LogP contribution in [0.1, 0.15) is 67.0 Å². The summed E-state index contributed by atoms with van der Waals surface area (Å²) in [6.07, 6.45) is 4.88. The maximum absolute atomic E-state index is 12.3. The zero-order valence-corrected chi connectivity index (χ0v) is 18.5. The fourth-order valence-corrected chi connectivity index (χ4v) is 3.69. The van der Waals surface area contributed by atoms with Crippen molar-refractivity contribution in [3.8, 4) is 0 Å². The number of aromatic carboxylic acids is 3. The highest BCUT2D eigenvalue weighted by molar-refractivity contribution is 6.05. The van der Waals surface area contributed by atoms with Crippen molar-refractivity contribution >= 4 is 17.9 Å². The second-order valence-corrected chi connectivity index (χ2v) is 6.90. The second kappa shape index (κ2) is 14.3. The first-order valence-corrected chi connectivity index (χ1v) is 10.4. The monoisotopic (exact) mass is 462 g/mol. The third-order valence-corrected chi connectivity index (χ3v) is 4.87. The molecule has 0 radical (unpaired) electrons. The predicted octanol–water partition coefficient (Wildman–Crippen LogP) is 4.06. The van der Waals surface area contributed by atoms with Crippen LogP contribution >= 0.6 is 0 Å². The maximum atomic E-state index is 12.3. The van der Waals surface area contributed by atoms with E-state index in [1.807, 2.05) is 0 Å². The molecule has 0 saturated heterocycles. The van der Waals surface area contributed by atoms with Crippen molar-refractivity contribution in [1.82, 2.24) is 0 Å². The SMILES string of the molecule is C=COCCCc1c(C(=O)O)c(CCCOC=C)c(C(=O)O)c(CCCOC=C)c1C(=O)O. The van der Waals surface area contributed by atoms with E-state index in [0.717, 1.165) is 0 Å². The molecule has 0 unspecified atom stereocenters. The number of carboxylic acids is 3. The van der Waals surface area contributed by atoms with Gasteiger partial charge < -0.3 is 29.5 Å². The number of hydrogen-bond acceptors (Lipinski definition) is 6. The average Bonchev–Trinajstić information content (AvgIpc) is 2.76. The minimum Gasteiger partial charge on any atom is -0.502 e. The summed E-state index contributed by atoms with van der Waals surface area (Å²) in [5.41, 5.74) is -0.667. The standard InChI is InChI=1S/C24H30O9/c1-4-31-13-7-10-16-19(22(25)26)17(11-8-14-32-5-2)21(24(29)30)18(20(16)23(27)28)12-9-15-33-6-3/h4-6H,1-3,7-15H2,(H,25,26)(H,27,28)(H,29,30). The molecule has 0 spiro atoms. The fourth-order valence-electron chi connectivity index (χ4n) is 3.69. The minimum absolute atomic E-state index is 0.0727. The summed E-state index contributed by atoms with van der Waals surface area (Å²) >= 11 is 0. The van der Waals surface area contributed by atoms with Crippen LogP contribution in [0.4, 0.5) is 0 Å².